The van der Waals surface area contributed by atoms with Crippen molar-refractivity contribution in [1.82, 2.24) is 0 Å². The number of nitrogens with one attached hydrogen (secondary N) is 1. The number of amides is 1. The fourth-order valence-corrected chi connectivity index (χ4v) is 3.56. The second-order valence-electron chi connectivity index (χ2n) is 5.95. The molecule has 0 aliphatic heterocycles. The lowest BCUT2D eigenvalue weighted by molar-refractivity contribution is -0.113. The van der Waals surface area contributed by atoms with Crippen LogP contribution in [0.3, 0.4) is 0 Å². The molecule has 2 aromatic carbocycles. The predicted octanol–water partition coefficient (Wildman–Crippen LogP) is 3.50. The van der Waals surface area contributed by atoms with Gasteiger partial charge in [0.25, 0.3) is 0 Å². The maximum absolute atomic E-state index is 13.6. The molecule has 0 heterocycles. The molecule has 128 valence electrons. The summed E-state index contributed by atoms with van der Waals surface area (Å²) >= 11 is 0. The zero-order valence-corrected chi connectivity index (χ0v) is 14.4. The molecule has 6 heteroatoms. The highest BCUT2D eigenvalue weighted by atomic mass is 32.2. The van der Waals surface area contributed by atoms with E-state index in [-0.39, 0.29) is 5.56 Å². The summed E-state index contributed by atoms with van der Waals surface area (Å²) in [5.41, 5.74) is 1.65. The standard InChI is InChI=1S/C18H20FNO3S/c1-13(2)14-7-5-8-16(10-14)20-18(21)12-24(22,23)11-15-6-3-4-9-17(15)19/h3-10,13H,11-12H2,1-2H3,(H,20,21). The van der Waals surface area contributed by atoms with Gasteiger partial charge in [-0.05, 0) is 29.7 Å². The Bertz CT molecular complexity index is 832. The van der Waals surface area contributed by atoms with Gasteiger partial charge in [-0.15, -0.1) is 0 Å². The van der Waals surface area contributed by atoms with E-state index in [9.17, 15) is 17.6 Å². The predicted molar refractivity (Wildman–Crippen MR) is 93.1 cm³/mol. The van der Waals surface area contributed by atoms with Crippen LogP contribution in [0.25, 0.3) is 0 Å². The molecule has 2 rings (SSSR count). The van der Waals surface area contributed by atoms with Crippen molar-refractivity contribution in [3.05, 3.63) is 65.5 Å². The van der Waals surface area contributed by atoms with Crippen LogP contribution >= 0.6 is 0 Å². The Morgan fingerprint density at radius 3 is 2.50 bits per heavy atom. The Labute approximate surface area is 141 Å². The van der Waals surface area contributed by atoms with Crippen molar-refractivity contribution in [2.24, 2.45) is 0 Å². The fraction of sp³-hybridized carbons (Fsp3) is 0.278. The first kappa shape index (κ1) is 18.1. The SMILES string of the molecule is CC(C)c1cccc(NC(=O)CS(=O)(=O)Cc2ccccc2F)c1. The minimum absolute atomic E-state index is 0.0621. The fourth-order valence-electron chi connectivity index (χ4n) is 2.28. The third kappa shape index (κ3) is 5.16. The van der Waals surface area contributed by atoms with Crippen LogP contribution in [0.1, 0.15) is 30.9 Å². The minimum Gasteiger partial charge on any atom is -0.325 e. The summed E-state index contributed by atoms with van der Waals surface area (Å²) < 4.78 is 37.8. The number of hydrogen-bond donors (Lipinski definition) is 1. The third-order valence-corrected chi connectivity index (χ3v) is 4.97. The maximum Gasteiger partial charge on any atom is 0.239 e. The van der Waals surface area contributed by atoms with Crippen LogP contribution in [-0.4, -0.2) is 20.1 Å². The molecule has 1 amide bonds. The topological polar surface area (TPSA) is 63.2 Å². The number of sulfone groups is 1. The van der Waals surface area contributed by atoms with Gasteiger partial charge in [-0.3, -0.25) is 4.79 Å². The van der Waals surface area contributed by atoms with Crippen LogP contribution in [-0.2, 0) is 20.4 Å². The van der Waals surface area contributed by atoms with E-state index in [0.29, 0.717) is 11.6 Å². The molecule has 1 N–H and O–H groups in total. The van der Waals surface area contributed by atoms with Gasteiger partial charge >= 0.3 is 0 Å². The average Bonchev–Trinajstić information content (AvgIpc) is 2.49. The monoisotopic (exact) mass is 349 g/mol. The number of carbonyl (C=O) groups excluding carboxylic acids is 1. The molecule has 0 saturated carbocycles. The van der Waals surface area contributed by atoms with Crippen molar-refractivity contribution in [1.29, 1.82) is 0 Å². The number of hydrogen-bond acceptors (Lipinski definition) is 3. The van der Waals surface area contributed by atoms with Crippen LogP contribution in [0.15, 0.2) is 48.5 Å². The molecule has 0 unspecified atom stereocenters. The van der Waals surface area contributed by atoms with E-state index < -0.39 is 33.1 Å². The average molecular weight is 349 g/mol. The molecule has 24 heavy (non-hydrogen) atoms. The van der Waals surface area contributed by atoms with Gasteiger partial charge in [0.1, 0.15) is 11.6 Å². The van der Waals surface area contributed by atoms with Crippen molar-refractivity contribution in [2.75, 3.05) is 11.1 Å². The quantitative estimate of drug-likeness (QED) is 0.868. The molecule has 0 saturated heterocycles. The van der Waals surface area contributed by atoms with E-state index in [1.807, 2.05) is 26.0 Å². The normalized spacial score (nSPS) is 11.5. The second kappa shape index (κ2) is 7.57. The first-order valence-corrected chi connectivity index (χ1v) is 9.42. The second-order valence-corrected chi connectivity index (χ2v) is 8.02. The van der Waals surface area contributed by atoms with Gasteiger partial charge < -0.3 is 5.32 Å². The summed E-state index contributed by atoms with van der Waals surface area (Å²) in [7, 11) is -3.75. The molecule has 0 aromatic heterocycles. The molecule has 4 nitrogen and oxygen atoms in total. The van der Waals surface area contributed by atoms with Crippen LogP contribution in [0.4, 0.5) is 10.1 Å². The third-order valence-electron chi connectivity index (χ3n) is 3.52. The molecule has 2 aromatic rings. The van der Waals surface area contributed by atoms with E-state index in [1.54, 1.807) is 18.2 Å². The van der Waals surface area contributed by atoms with Gasteiger partial charge in [0.05, 0.1) is 5.75 Å². The van der Waals surface area contributed by atoms with Crippen LogP contribution < -0.4 is 5.32 Å². The van der Waals surface area contributed by atoms with Crippen LogP contribution in [0.2, 0.25) is 0 Å². The number of benzene rings is 2. The zero-order valence-electron chi connectivity index (χ0n) is 13.6. The van der Waals surface area contributed by atoms with Gasteiger partial charge in [0.2, 0.25) is 5.91 Å². The van der Waals surface area contributed by atoms with E-state index >= 15 is 0 Å². The molecule has 0 atom stereocenters. The summed E-state index contributed by atoms with van der Waals surface area (Å²) in [5.74, 6) is -2.11. The van der Waals surface area contributed by atoms with Gasteiger partial charge in [-0.2, -0.15) is 0 Å². The van der Waals surface area contributed by atoms with Crippen LogP contribution in [0.5, 0.6) is 0 Å². The Balaban J connectivity index is 2.03. The number of halogens is 1. The van der Waals surface area contributed by atoms with Crippen molar-refractivity contribution in [3.63, 3.8) is 0 Å². The molecular formula is C18H20FNO3S. The minimum atomic E-state index is -3.75. The number of rotatable bonds is 6. The summed E-state index contributed by atoms with van der Waals surface area (Å²) in [4.78, 5) is 12.0. The molecule has 0 bridgehead atoms. The molecule has 0 spiro atoms. The lowest BCUT2D eigenvalue weighted by atomic mass is 10.0. The van der Waals surface area contributed by atoms with Gasteiger partial charge in [-0.25, -0.2) is 12.8 Å². The first-order chi connectivity index (χ1) is 11.3. The smallest absolute Gasteiger partial charge is 0.239 e. The lowest BCUT2D eigenvalue weighted by Gasteiger charge is -2.10. The van der Waals surface area contributed by atoms with Crippen molar-refractivity contribution in [3.8, 4) is 0 Å². The van der Waals surface area contributed by atoms with Crippen molar-refractivity contribution < 1.29 is 17.6 Å². The molecule has 0 radical (unpaired) electrons. The highest BCUT2D eigenvalue weighted by molar-refractivity contribution is 7.91. The summed E-state index contributed by atoms with van der Waals surface area (Å²) in [6, 6.07) is 12.9. The van der Waals surface area contributed by atoms with E-state index in [1.165, 1.54) is 18.2 Å². The van der Waals surface area contributed by atoms with Crippen molar-refractivity contribution in [2.45, 2.75) is 25.5 Å². The summed E-state index contributed by atoms with van der Waals surface area (Å²) in [6.07, 6.45) is 0. The molecule has 0 aliphatic carbocycles. The van der Waals surface area contributed by atoms with Crippen molar-refractivity contribution >= 4 is 21.4 Å². The highest BCUT2D eigenvalue weighted by Gasteiger charge is 2.19. The Hall–Kier alpha value is -2.21. The number of anilines is 1. The Morgan fingerprint density at radius 2 is 1.83 bits per heavy atom. The largest absolute Gasteiger partial charge is 0.325 e. The van der Waals surface area contributed by atoms with E-state index in [0.717, 1.165) is 5.56 Å². The number of carbonyl (C=O) groups is 1. The maximum atomic E-state index is 13.6. The molecular weight excluding hydrogens is 329 g/mol. The van der Waals surface area contributed by atoms with Gasteiger partial charge in [-0.1, -0.05) is 44.2 Å². The van der Waals surface area contributed by atoms with Gasteiger partial charge in [0.15, 0.2) is 9.84 Å². The van der Waals surface area contributed by atoms with E-state index in [4.69, 9.17) is 0 Å². The summed E-state index contributed by atoms with van der Waals surface area (Å²) in [5, 5.41) is 2.58. The highest BCUT2D eigenvalue weighted by Crippen LogP contribution is 2.18. The Morgan fingerprint density at radius 1 is 1.12 bits per heavy atom. The molecule has 0 aliphatic rings. The lowest BCUT2D eigenvalue weighted by Crippen LogP contribution is -2.24. The first-order valence-electron chi connectivity index (χ1n) is 7.60. The van der Waals surface area contributed by atoms with E-state index in [2.05, 4.69) is 5.32 Å². The summed E-state index contributed by atoms with van der Waals surface area (Å²) in [6.45, 7) is 4.06. The zero-order chi connectivity index (χ0) is 17.7. The van der Waals surface area contributed by atoms with Crippen LogP contribution in [0, 0.1) is 5.82 Å². The molecule has 0 fully saturated rings. The Kier molecular flexibility index (Phi) is 5.72. The van der Waals surface area contributed by atoms with Gasteiger partial charge in [0, 0.05) is 11.3 Å².